The minimum absolute atomic E-state index is 0.0258. The highest BCUT2D eigenvalue weighted by Crippen LogP contribution is 2.40. The van der Waals surface area contributed by atoms with Crippen molar-refractivity contribution in [3.63, 3.8) is 0 Å². The molecule has 3 heterocycles. The van der Waals surface area contributed by atoms with E-state index >= 15 is 0 Å². The number of alkyl carbamates (subject to hydrolysis) is 1. The van der Waals surface area contributed by atoms with Crippen molar-refractivity contribution in [2.45, 2.75) is 102 Å². The molecule has 11 nitrogen and oxygen atoms in total. The average molecular weight is 499 g/mol. The summed E-state index contributed by atoms with van der Waals surface area (Å²) in [5.74, 6) is -2.39. The van der Waals surface area contributed by atoms with Crippen molar-refractivity contribution < 1.29 is 42.8 Å². The van der Waals surface area contributed by atoms with Gasteiger partial charge in [-0.3, -0.25) is 9.59 Å². The van der Waals surface area contributed by atoms with Gasteiger partial charge in [0, 0.05) is 13.2 Å². The second-order valence-corrected chi connectivity index (χ2v) is 10.6. The third-order valence-corrected chi connectivity index (χ3v) is 5.87. The summed E-state index contributed by atoms with van der Waals surface area (Å²) in [6.45, 7) is 10.6. The highest BCUT2D eigenvalue weighted by Gasteiger charge is 2.58. The monoisotopic (exact) mass is 498 g/mol. The molecule has 0 radical (unpaired) electrons. The number of carbonyl (C=O) groups excluding carboxylic acids is 3. The van der Waals surface area contributed by atoms with Crippen molar-refractivity contribution in [1.29, 1.82) is 0 Å². The van der Waals surface area contributed by atoms with E-state index in [0.717, 1.165) is 0 Å². The molecule has 0 spiro atoms. The van der Waals surface area contributed by atoms with Crippen LogP contribution in [0.3, 0.4) is 0 Å². The Hall–Kier alpha value is -2.21. The van der Waals surface area contributed by atoms with Crippen LogP contribution in [0.1, 0.15) is 54.4 Å². The SMILES string of the molecule is CO[C@@H]1[C@H]2OC(C)(C)O[C@H]2O[C@@H]1[C@@H](NC(=O)OC(C)(C)C)C1C/C=C/COC(=O)C[C@@H](C)NC1=O. The zero-order chi connectivity index (χ0) is 26.0. The highest BCUT2D eigenvalue weighted by atomic mass is 16.8. The molecule has 3 aliphatic rings. The number of hydrogen-bond donors (Lipinski definition) is 2. The summed E-state index contributed by atoms with van der Waals surface area (Å²) in [6, 6.07) is -1.32. The number of amides is 2. The van der Waals surface area contributed by atoms with Gasteiger partial charge in [-0.05, 0) is 48.0 Å². The van der Waals surface area contributed by atoms with Gasteiger partial charge >= 0.3 is 12.1 Å². The van der Waals surface area contributed by atoms with Gasteiger partial charge in [-0.15, -0.1) is 0 Å². The number of fused-ring (bicyclic) bond motifs is 1. The van der Waals surface area contributed by atoms with Gasteiger partial charge in [0.25, 0.3) is 0 Å². The van der Waals surface area contributed by atoms with Crippen molar-refractivity contribution >= 4 is 18.0 Å². The van der Waals surface area contributed by atoms with Gasteiger partial charge in [-0.2, -0.15) is 0 Å². The minimum Gasteiger partial charge on any atom is -0.461 e. The molecule has 7 atom stereocenters. The number of esters is 1. The van der Waals surface area contributed by atoms with Gasteiger partial charge in [-0.1, -0.05) is 12.2 Å². The van der Waals surface area contributed by atoms with Crippen molar-refractivity contribution in [2.24, 2.45) is 5.92 Å². The zero-order valence-electron chi connectivity index (χ0n) is 21.5. The predicted molar refractivity (Wildman–Crippen MR) is 123 cm³/mol. The molecule has 0 saturated carbocycles. The number of carbonyl (C=O) groups is 3. The summed E-state index contributed by atoms with van der Waals surface area (Å²) in [6.07, 6.45) is 0.311. The fourth-order valence-electron chi connectivity index (χ4n) is 4.50. The largest absolute Gasteiger partial charge is 0.461 e. The number of hydrogen-bond acceptors (Lipinski definition) is 9. The molecule has 2 saturated heterocycles. The molecule has 3 aliphatic heterocycles. The quantitative estimate of drug-likeness (QED) is 0.440. The first kappa shape index (κ1) is 27.4. The number of allylic oxidation sites excluding steroid dienone is 1. The number of ether oxygens (including phenoxy) is 6. The molecule has 2 amide bonds. The van der Waals surface area contributed by atoms with E-state index in [4.69, 9.17) is 28.4 Å². The summed E-state index contributed by atoms with van der Waals surface area (Å²) in [5, 5.41) is 5.70. The maximum absolute atomic E-state index is 13.4. The molecular weight excluding hydrogens is 460 g/mol. The van der Waals surface area contributed by atoms with Crippen LogP contribution in [0.15, 0.2) is 12.2 Å². The van der Waals surface area contributed by atoms with Crippen molar-refractivity contribution in [3.05, 3.63) is 12.2 Å². The van der Waals surface area contributed by atoms with E-state index in [-0.39, 0.29) is 25.4 Å². The Morgan fingerprint density at radius 2 is 1.94 bits per heavy atom. The van der Waals surface area contributed by atoms with Crippen LogP contribution in [0, 0.1) is 5.92 Å². The first-order valence-electron chi connectivity index (χ1n) is 11.9. The fourth-order valence-corrected chi connectivity index (χ4v) is 4.50. The molecule has 0 aliphatic carbocycles. The third-order valence-electron chi connectivity index (χ3n) is 5.87. The molecular formula is C24H38N2O9. The zero-order valence-corrected chi connectivity index (χ0v) is 21.5. The van der Waals surface area contributed by atoms with Crippen LogP contribution in [-0.2, 0) is 38.0 Å². The second kappa shape index (κ2) is 10.8. The van der Waals surface area contributed by atoms with E-state index in [2.05, 4.69) is 10.6 Å². The van der Waals surface area contributed by atoms with E-state index in [9.17, 15) is 14.4 Å². The summed E-state index contributed by atoms with van der Waals surface area (Å²) in [7, 11) is 1.52. The highest BCUT2D eigenvalue weighted by molar-refractivity contribution is 5.82. The van der Waals surface area contributed by atoms with Crippen LogP contribution in [0.5, 0.6) is 0 Å². The molecule has 1 unspecified atom stereocenters. The lowest BCUT2D eigenvalue weighted by atomic mass is 9.87. The molecule has 11 heteroatoms. The predicted octanol–water partition coefficient (Wildman–Crippen LogP) is 1.79. The third kappa shape index (κ3) is 7.16. The topological polar surface area (TPSA) is 131 Å². The van der Waals surface area contributed by atoms with Crippen molar-refractivity contribution in [3.8, 4) is 0 Å². The van der Waals surface area contributed by atoms with Gasteiger partial charge in [0.2, 0.25) is 5.91 Å². The van der Waals surface area contributed by atoms with E-state index in [0.29, 0.717) is 0 Å². The molecule has 0 aromatic rings. The van der Waals surface area contributed by atoms with Crippen LogP contribution >= 0.6 is 0 Å². The molecule has 0 bridgehead atoms. The maximum Gasteiger partial charge on any atom is 0.407 e. The molecule has 2 fully saturated rings. The Balaban J connectivity index is 1.92. The molecule has 0 aromatic heterocycles. The number of cyclic esters (lactones) is 1. The van der Waals surface area contributed by atoms with Crippen molar-refractivity contribution in [2.75, 3.05) is 13.7 Å². The fraction of sp³-hybridized carbons (Fsp3) is 0.792. The summed E-state index contributed by atoms with van der Waals surface area (Å²) < 4.78 is 34.4. The smallest absolute Gasteiger partial charge is 0.407 e. The van der Waals surface area contributed by atoms with Crippen LogP contribution in [0.2, 0.25) is 0 Å². The molecule has 198 valence electrons. The van der Waals surface area contributed by atoms with Gasteiger partial charge in [0.05, 0.1) is 18.4 Å². The van der Waals surface area contributed by atoms with Crippen LogP contribution in [0.4, 0.5) is 4.79 Å². The molecule has 0 aromatic carbocycles. The van der Waals surface area contributed by atoms with Gasteiger partial charge in [0.15, 0.2) is 12.1 Å². The van der Waals surface area contributed by atoms with Crippen molar-refractivity contribution in [1.82, 2.24) is 10.6 Å². The van der Waals surface area contributed by atoms with E-state index in [1.807, 2.05) is 0 Å². The van der Waals surface area contributed by atoms with Gasteiger partial charge in [-0.25, -0.2) is 4.79 Å². The Labute approximate surface area is 206 Å². The average Bonchev–Trinajstić information content (AvgIpc) is 3.17. The van der Waals surface area contributed by atoms with Crippen LogP contribution < -0.4 is 10.6 Å². The van der Waals surface area contributed by atoms with E-state index in [1.165, 1.54) is 7.11 Å². The standard InChI is InChI=1S/C24H38N2O9/c1-13-12-15(27)31-11-9-8-10-14(20(28)25-13)16(26-22(29)35-23(2,3)4)17-18(30-7)19-21(32-17)34-24(5,6)33-19/h8-9,13-14,16-19,21H,10-12H2,1-7H3,(H,25,28)(H,26,29)/b9-8+/t13-,14?,16+,17-,18+,19-,21-/m1/s1. The second-order valence-electron chi connectivity index (χ2n) is 10.6. The Kier molecular flexibility index (Phi) is 8.46. The lowest BCUT2D eigenvalue weighted by molar-refractivity contribution is -0.221. The van der Waals surface area contributed by atoms with E-state index < -0.39 is 66.1 Å². The lowest BCUT2D eigenvalue weighted by Gasteiger charge is -2.35. The number of nitrogens with one attached hydrogen (secondary N) is 2. The maximum atomic E-state index is 13.4. The number of methoxy groups -OCH3 is 1. The summed E-state index contributed by atoms with van der Waals surface area (Å²) in [4.78, 5) is 38.2. The van der Waals surface area contributed by atoms with Crippen LogP contribution in [-0.4, -0.2) is 79.8 Å². The Bertz CT molecular complexity index is 822. The summed E-state index contributed by atoms with van der Waals surface area (Å²) >= 11 is 0. The van der Waals surface area contributed by atoms with Crippen LogP contribution in [0.25, 0.3) is 0 Å². The molecule has 35 heavy (non-hydrogen) atoms. The van der Waals surface area contributed by atoms with Gasteiger partial charge in [0.1, 0.15) is 30.5 Å². The van der Waals surface area contributed by atoms with E-state index in [1.54, 1.807) is 53.7 Å². The normalized spacial score (nSPS) is 35.2. The molecule has 3 rings (SSSR count). The molecule has 2 N–H and O–H groups in total. The lowest BCUT2D eigenvalue weighted by Crippen LogP contribution is -2.58. The summed E-state index contributed by atoms with van der Waals surface area (Å²) in [5.41, 5.74) is -0.749. The Morgan fingerprint density at radius 1 is 1.23 bits per heavy atom. The minimum atomic E-state index is -0.859. The van der Waals surface area contributed by atoms with Gasteiger partial charge < -0.3 is 39.1 Å². The first-order valence-corrected chi connectivity index (χ1v) is 11.9. The number of rotatable bonds is 4. The first-order chi connectivity index (χ1) is 16.3. The Morgan fingerprint density at radius 3 is 2.60 bits per heavy atom.